The standard InChI is InChI=1S/C14H13Cl2N5O3.ClH/c15-10-5-9(21(23)24)6-11(16)13(10)20-4-2-12(18-20)14(22)19-3-1-8(17)7-19;/h2,4-6,8H,1,3,7,17H2;1H/t8-;/m1./s1. The Labute approximate surface area is 159 Å². The maximum absolute atomic E-state index is 12.4. The summed E-state index contributed by atoms with van der Waals surface area (Å²) in [4.78, 5) is 24.3. The van der Waals surface area contributed by atoms with Crippen molar-refractivity contribution >= 4 is 47.2 Å². The van der Waals surface area contributed by atoms with E-state index in [4.69, 9.17) is 28.9 Å². The lowest BCUT2D eigenvalue weighted by Gasteiger charge is -2.13. The van der Waals surface area contributed by atoms with E-state index in [-0.39, 0.29) is 51.5 Å². The maximum atomic E-state index is 12.4. The van der Waals surface area contributed by atoms with Gasteiger partial charge >= 0.3 is 0 Å². The molecule has 134 valence electrons. The van der Waals surface area contributed by atoms with E-state index < -0.39 is 4.92 Å². The number of amides is 1. The van der Waals surface area contributed by atoms with Gasteiger partial charge < -0.3 is 10.6 Å². The minimum absolute atomic E-state index is 0. The Hall–Kier alpha value is -1.87. The maximum Gasteiger partial charge on any atom is 0.274 e. The first kappa shape index (κ1) is 19.5. The van der Waals surface area contributed by atoms with Gasteiger partial charge in [0.2, 0.25) is 0 Å². The van der Waals surface area contributed by atoms with E-state index in [1.165, 1.54) is 23.0 Å². The molecule has 1 aromatic carbocycles. The van der Waals surface area contributed by atoms with E-state index in [9.17, 15) is 14.9 Å². The molecule has 2 N–H and O–H groups in total. The van der Waals surface area contributed by atoms with E-state index in [1.807, 2.05) is 0 Å². The van der Waals surface area contributed by atoms with Crippen LogP contribution < -0.4 is 5.73 Å². The second-order valence-corrected chi connectivity index (χ2v) is 6.28. The van der Waals surface area contributed by atoms with Crippen LogP contribution in [-0.2, 0) is 0 Å². The van der Waals surface area contributed by atoms with Crippen molar-refractivity contribution in [2.24, 2.45) is 5.73 Å². The van der Waals surface area contributed by atoms with Gasteiger partial charge in [-0.05, 0) is 12.5 Å². The first-order chi connectivity index (χ1) is 11.4. The molecular formula is C14H14Cl3N5O3. The third-order valence-corrected chi connectivity index (χ3v) is 4.34. The van der Waals surface area contributed by atoms with Crippen LogP contribution in [-0.4, -0.2) is 44.6 Å². The largest absolute Gasteiger partial charge is 0.336 e. The van der Waals surface area contributed by atoms with Crippen molar-refractivity contribution in [3.63, 3.8) is 0 Å². The van der Waals surface area contributed by atoms with E-state index >= 15 is 0 Å². The number of nitrogens with zero attached hydrogens (tertiary/aromatic N) is 4. The summed E-state index contributed by atoms with van der Waals surface area (Å²) >= 11 is 12.2. The topological polar surface area (TPSA) is 107 Å². The van der Waals surface area contributed by atoms with Gasteiger partial charge in [-0.3, -0.25) is 14.9 Å². The van der Waals surface area contributed by atoms with Crippen molar-refractivity contribution in [2.75, 3.05) is 13.1 Å². The highest BCUT2D eigenvalue weighted by Crippen LogP contribution is 2.33. The van der Waals surface area contributed by atoms with E-state index in [2.05, 4.69) is 5.10 Å². The number of likely N-dealkylation sites (tertiary alicyclic amines) is 1. The number of nitrogens with two attached hydrogens (primary N) is 1. The summed E-state index contributed by atoms with van der Waals surface area (Å²) in [5.74, 6) is -0.226. The van der Waals surface area contributed by atoms with Gasteiger partial charge in [0.1, 0.15) is 5.69 Å². The van der Waals surface area contributed by atoms with Gasteiger partial charge in [-0.15, -0.1) is 12.4 Å². The van der Waals surface area contributed by atoms with E-state index in [0.717, 1.165) is 6.42 Å². The van der Waals surface area contributed by atoms with Crippen LogP contribution in [0.1, 0.15) is 16.9 Å². The lowest BCUT2D eigenvalue weighted by atomic mass is 10.3. The van der Waals surface area contributed by atoms with Crippen LogP contribution in [0.15, 0.2) is 24.4 Å². The molecule has 0 bridgehead atoms. The molecule has 0 radical (unpaired) electrons. The Morgan fingerprint density at radius 2 is 2.00 bits per heavy atom. The van der Waals surface area contributed by atoms with Gasteiger partial charge in [-0.1, -0.05) is 23.2 Å². The van der Waals surface area contributed by atoms with Crippen molar-refractivity contribution in [2.45, 2.75) is 12.5 Å². The summed E-state index contributed by atoms with van der Waals surface area (Å²) in [5.41, 5.74) is 6.10. The van der Waals surface area contributed by atoms with Crippen LogP contribution >= 0.6 is 35.6 Å². The van der Waals surface area contributed by atoms with Gasteiger partial charge in [0.05, 0.1) is 15.0 Å². The molecule has 0 aliphatic carbocycles. The van der Waals surface area contributed by atoms with Crippen LogP contribution in [0, 0.1) is 10.1 Å². The first-order valence-corrected chi connectivity index (χ1v) is 7.86. The van der Waals surface area contributed by atoms with E-state index in [0.29, 0.717) is 13.1 Å². The minimum atomic E-state index is -0.587. The summed E-state index contributed by atoms with van der Waals surface area (Å²) in [5, 5.41) is 15.2. The third-order valence-electron chi connectivity index (χ3n) is 3.76. The molecule has 1 aliphatic heterocycles. The summed E-state index contributed by atoms with van der Waals surface area (Å²) in [7, 11) is 0. The number of rotatable bonds is 3. The predicted molar refractivity (Wildman–Crippen MR) is 96.0 cm³/mol. The Morgan fingerprint density at radius 3 is 2.52 bits per heavy atom. The molecule has 1 fully saturated rings. The molecule has 11 heteroatoms. The second-order valence-electron chi connectivity index (χ2n) is 5.46. The molecule has 25 heavy (non-hydrogen) atoms. The SMILES string of the molecule is Cl.N[C@@H]1CCN(C(=O)c2ccn(-c3c(Cl)cc([N+](=O)[O-])cc3Cl)n2)C1. The normalized spacial score (nSPS) is 16.6. The first-order valence-electron chi connectivity index (χ1n) is 7.11. The highest BCUT2D eigenvalue weighted by molar-refractivity contribution is 6.38. The average molecular weight is 407 g/mol. The van der Waals surface area contributed by atoms with Crippen molar-refractivity contribution in [3.8, 4) is 5.69 Å². The summed E-state index contributed by atoms with van der Waals surface area (Å²) in [6.07, 6.45) is 2.29. The van der Waals surface area contributed by atoms with Crippen LogP contribution in [0.25, 0.3) is 5.69 Å². The fourth-order valence-electron chi connectivity index (χ4n) is 2.57. The number of hydrogen-bond donors (Lipinski definition) is 1. The van der Waals surface area contributed by atoms with Gasteiger partial charge in [-0.25, -0.2) is 4.68 Å². The lowest BCUT2D eigenvalue weighted by Crippen LogP contribution is -2.32. The molecule has 8 nitrogen and oxygen atoms in total. The molecule has 2 heterocycles. The molecule has 1 aromatic heterocycles. The van der Waals surface area contributed by atoms with Crippen molar-refractivity contribution < 1.29 is 9.72 Å². The van der Waals surface area contributed by atoms with Crippen molar-refractivity contribution in [3.05, 3.63) is 50.2 Å². The Bertz CT molecular complexity index is 803. The number of carbonyl (C=O) groups is 1. The van der Waals surface area contributed by atoms with Crippen molar-refractivity contribution in [1.82, 2.24) is 14.7 Å². The fraction of sp³-hybridized carbons (Fsp3) is 0.286. The van der Waals surface area contributed by atoms with Crippen molar-refractivity contribution in [1.29, 1.82) is 0 Å². The molecule has 2 aromatic rings. The minimum Gasteiger partial charge on any atom is -0.336 e. The number of aromatic nitrogens is 2. The number of halogens is 3. The highest BCUT2D eigenvalue weighted by atomic mass is 35.5. The molecular weight excluding hydrogens is 393 g/mol. The Morgan fingerprint density at radius 1 is 1.36 bits per heavy atom. The predicted octanol–water partition coefficient (Wildman–Crippen LogP) is 2.68. The van der Waals surface area contributed by atoms with Crippen LogP contribution in [0.3, 0.4) is 0 Å². The molecule has 3 rings (SSSR count). The van der Waals surface area contributed by atoms with Gasteiger partial charge in [0, 0.05) is 37.5 Å². The lowest BCUT2D eigenvalue weighted by molar-refractivity contribution is -0.384. The number of benzene rings is 1. The zero-order chi connectivity index (χ0) is 17.4. The summed E-state index contributed by atoms with van der Waals surface area (Å²) < 4.78 is 1.33. The monoisotopic (exact) mass is 405 g/mol. The molecule has 1 saturated heterocycles. The third kappa shape index (κ3) is 3.87. The fourth-order valence-corrected chi connectivity index (χ4v) is 3.22. The molecule has 1 atom stereocenters. The summed E-state index contributed by atoms with van der Waals surface area (Å²) in [6, 6.07) is 3.89. The Balaban J connectivity index is 0.00000225. The quantitative estimate of drug-likeness (QED) is 0.623. The summed E-state index contributed by atoms with van der Waals surface area (Å²) in [6.45, 7) is 1.08. The number of non-ortho nitro benzene ring substituents is 1. The van der Waals surface area contributed by atoms with Crippen LogP contribution in [0.2, 0.25) is 10.0 Å². The van der Waals surface area contributed by atoms with Gasteiger partial charge in [0.25, 0.3) is 11.6 Å². The number of nitro benzene ring substituents is 1. The highest BCUT2D eigenvalue weighted by Gasteiger charge is 2.26. The Kier molecular flexibility index (Phi) is 5.89. The molecule has 0 spiro atoms. The smallest absolute Gasteiger partial charge is 0.274 e. The zero-order valence-electron chi connectivity index (χ0n) is 12.8. The molecule has 1 aliphatic rings. The molecule has 0 unspecified atom stereocenters. The number of hydrogen-bond acceptors (Lipinski definition) is 5. The van der Waals surface area contributed by atoms with Gasteiger partial charge in [0.15, 0.2) is 5.69 Å². The zero-order valence-corrected chi connectivity index (χ0v) is 15.1. The van der Waals surface area contributed by atoms with Crippen LogP contribution in [0.5, 0.6) is 0 Å². The van der Waals surface area contributed by atoms with E-state index in [1.54, 1.807) is 11.0 Å². The molecule has 0 saturated carbocycles. The number of nitro groups is 1. The second kappa shape index (κ2) is 7.57. The van der Waals surface area contributed by atoms with Crippen LogP contribution in [0.4, 0.5) is 5.69 Å². The molecule has 1 amide bonds. The number of carbonyl (C=O) groups excluding carboxylic acids is 1. The van der Waals surface area contributed by atoms with Gasteiger partial charge in [-0.2, -0.15) is 5.10 Å². The average Bonchev–Trinajstić information content (AvgIpc) is 3.15.